The van der Waals surface area contributed by atoms with E-state index in [-0.39, 0.29) is 0 Å². The highest BCUT2D eigenvalue weighted by molar-refractivity contribution is 7.99. The van der Waals surface area contributed by atoms with E-state index in [0.717, 1.165) is 16.7 Å². The Hall–Kier alpha value is -1.20. The van der Waals surface area contributed by atoms with Gasteiger partial charge in [-0.05, 0) is 32.0 Å². The number of hydrogen-bond acceptors (Lipinski definition) is 4. The van der Waals surface area contributed by atoms with Crippen molar-refractivity contribution >= 4 is 23.4 Å². The molecule has 0 aliphatic rings. The third kappa shape index (κ3) is 4.14. The fourth-order valence-corrected chi connectivity index (χ4v) is 2.58. The van der Waals surface area contributed by atoms with Crippen molar-refractivity contribution in [2.45, 2.75) is 25.0 Å². The topological polar surface area (TPSA) is 39.9 Å². The van der Waals surface area contributed by atoms with Gasteiger partial charge in [0, 0.05) is 16.8 Å². The minimum atomic E-state index is 0.367. The van der Waals surface area contributed by atoms with Gasteiger partial charge in [-0.3, -0.25) is 0 Å². The molecule has 0 N–H and O–H groups in total. The van der Waals surface area contributed by atoms with E-state index in [4.69, 9.17) is 16.3 Å². The largest absolute Gasteiger partial charge is 0.493 e. The van der Waals surface area contributed by atoms with E-state index in [2.05, 4.69) is 24.0 Å². The Bertz CT molecular complexity index is 530. The van der Waals surface area contributed by atoms with Crippen LogP contribution in [0.2, 0.25) is 5.02 Å². The predicted octanol–water partition coefficient (Wildman–Crippen LogP) is 3.68. The fourth-order valence-electron chi connectivity index (χ4n) is 1.54. The summed E-state index contributed by atoms with van der Waals surface area (Å²) in [6.07, 6.45) is 1.75. The van der Waals surface area contributed by atoms with Gasteiger partial charge in [-0.1, -0.05) is 29.4 Å². The Morgan fingerprint density at radius 2 is 2.26 bits per heavy atom. The second-order valence-electron chi connectivity index (χ2n) is 4.27. The normalized spacial score (nSPS) is 10.9. The molecule has 1 aromatic carbocycles. The third-order valence-corrected chi connectivity index (χ3v) is 3.63. The highest BCUT2D eigenvalue weighted by Crippen LogP contribution is 2.20. The van der Waals surface area contributed by atoms with Crippen LogP contribution in [0.3, 0.4) is 0 Å². The minimum absolute atomic E-state index is 0.367. The summed E-state index contributed by atoms with van der Waals surface area (Å²) in [5.41, 5.74) is 0. The number of aromatic nitrogens is 3. The molecule has 2 aromatic rings. The van der Waals surface area contributed by atoms with Crippen LogP contribution in [0.25, 0.3) is 0 Å². The Labute approximate surface area is 122 Å². The molecule has 0 aliphatic heterocycles. The number of thioether (sulfide) groups is 1. The van der Waals surface area contributed by atoms with E-state index >= 15 is 0 Å². The molecule has 6 heteroatoms. The molecule has 0 saturated carbocycles. The number of rotatable bonds is 6. The first kappa shape index (κ1) is 14.2. The van der Waals surface area contributed by atoms with E-state index < -0.39 is 0 Å². The first-order valence-corrected chi connectivity index (χ1v) is 7.44. The average molecular weight is 298 g/mol. The van der Waals surface area contributed by atoms with Gasteiger partial charge in [0.1, 0.15) is 12.1 Å². The zero-order valence-corrected chi connectivity index (χ0v) is 12.5. The van der Waals surface area contributed by atoms with Crippen molar-refractivity contribution in [3.05, 3.63) is 35.6 Å². The van der Waals surface area contributed by atoms with Crippen molar-refractivity contribution in [2.75, 3.05) is 12.4 Å². The number of ether oxygens (including phenoxy) is 1. The van der Waals surface area contributed by atoms with Gasteiger partial charge in [0.25, 0.3) is 0 Å². The molecule has 2 rings (SSSR count). The summed E-state index contributed by atoms with van der Waals surface area (Å²) in [5, 5.41) is 9.63. The summed E-state index contributed by atoms with van der Waals surface area (Å²) in [6.45, 7) is 4.82. The summed E-state index contributed by atoms with van der Waals surface area (Å²) in [7, 11) is 0. The molecule has 0 saturated heterocycles. The highest BCUT2D eigenvalue weighted by Gasteiger charge is 2.07. The van der Waals surface area contributed by atoms with E-state index in [0.29, 0.717) is 17.7 Å². The monoisotopic (exact) mass is 297 g/mol. The van der Waals surface area contributed by atoms with E-state index in [1.54, 1.807) is 18.1 Å². The van der Waals surface area contributed by atoms with Gasteiger partial charge < -0.3 is 9.30 Å². The number of hydrogen-bond donors (Lipinski definition) is 0. The Morgan fingerprint density at radius 3 is 3.00 bits per heavy atom. The Kier molecular flexibility index (Phi) is 5.10. The van der Waals surface area contributed by atoms with E-state index in [9.17, 15) is 0 Å². The SMILES string of the molecule is CC(C)n1cnnc1SCCOc1cccc(Cl)c1. The maximum atomic E-state index is 5.89. The first-order valence-electron chi connectivity index (χ1n) is 6.07. The third-order valence-electron chi connectivity index (χ3n) is 2.48. The summed E-state index contributed by atoms with van der Waals surface area (Å²) >= 11 is 7.52. The zero-order chi connectivity index (χ0) is 13.7. The molecule has 4 nitrogen and oxygen atoms in total. The van der Waals surface area contributed by atoms with Crippen molar-refractivity contribution < 1.29 is 4.74 Å². The van der Waals surface area contributed by atoms with Gasteiger partial charge in [-0.25, -0.2) is 0 Å². The molecule has 1 aromatic heterocycles. The van der Waals surface area contributed by atoms with Crippen LogP contribution in [-0.4, -0.2) is 27.1 Å². The molecule has 0 radical (unpaired) electrons. The van der Waals surface area contributed by atoms with Crippen molar-refractivity contribution in [1.82, 2.24) is 14.8 Å². The quantitative estimate of drug-likeness (QED) is 0.602. The molecule has 0 aliphatic carbocycles. The minimum Gasteiger partial charge on any atom is -0.493 e. The smallest absolute Gasteiger partial charge is 0.191 e. The molecular weight excluding hydrogens is 282 g/mol. The van der Waals surface area contributed by atoms with Crippen LogP contribution in [-0.2, 0) is 0 Å². The second kappa shape index (κ2) is 6.82. The molecule has 0 spiro atoms. The van der Waals surface area contributed by atoms with Gasteiger partial charge in [-0.15, -0.1) is 10.2 Å². The van der Waals surface area contributed by atoms with Crippen LogP contribution in [0, 0.1) is 0 Å². The van der Waals surface area contributed by atoms with Gasteiger partial charge >= 0.3 is 0 Å². The lowest BCUT2D eigenvalue weighted by molar-refractivity contribution is 0.344. The summed E-state index contributed by atoms with van der Waals surface area (Å²) < 4.78 is 7.67. The summed E-state index contributed by atoms with van der Waals surface area (Å²) in [5.74, 6) is 1.61. The van der Waals surface area contributed by atoms with Crippen molar-refractivity contribution in [2.24, 2.45) is 0 Å². The summed E-state index contributed by atoms with van der Waals surface area (Å²) in [4.78, 5) is 0. The molecule has 0 bridgehead atoms. The maximum Gasteiger partial charge on any atom is 0.191 e. The lowest BCUT2D eigenvalue weighted by Crippen LogP contribution is -2.04. The van der Waals surface area contributed by atoms with Crippen LogP contribution in [0.15, 0.2) is 35.7 Å². The molecule has 0 fully saturated rings. The predicted molar refractivity (Wildman–Crippen MR) is 78.1 cm³/mol. The number of halogens is 1. The first-order chi connectivity index (χ1) is 9.16. The van der Waals surface area contributed by atoms with Crippen LogP contribution in [0.1, 0.15) is 19.9 Å². The standard InChI is InChI=1S/C13H16ClN3OS/c1-10(2)17-9-15-16-13(17)19-7-6-18-12-5-3-4-11(14)8-12/h3-5,8-10H,6-7H2,1-2H3. The van der Waals surface area contributed by atoms with E-state index in [1.807, 2.05) is 28.8 Å². The molecule has 102 valence electrons. The van der Waals surface area contributed by atoms with Gasteiger partial charge in [-0.2, -0.15) is 0 Å². The van der Waals surface area contributed by atoms with Crippen LogP contribution in [0.5, 0.6) is 5.75 Å². The van der Waals surface area contributed by atoms with Crippen LogP contribution in [0.4, 0.5) is 0 Å². The summed E-state index contributed by atoms with van der Waals surface area (Å²) in [6, 6.07) is 7.77. The lowest BCUT2D eigenvalue weighted by atomic mass is 10.3. The molecule has 0 amide bonds. The highest BCUT2D eigenvalue weighted by atomic mass is 35.5. The molecule has 19 heavy (non-hydrogen) atoms. The number of nitrogens with zero attached hydrogens (tertiary/aromatic N) is 3. The van der Waals surface area contributed by atoms with E-state index in [1.165, 1.54) is 0 Å². The second-order valence-corrected chi connectivity index (χ2v) is 5.77. The van der Waals surface area contributed by atoms with Crippen molar-refractivity contribution in [3.8, 4) is 5.75 Å². The van der Waals surface area contributed by atoms with Gasteiger partial charge in [0.15, 0.2) is 5.16 Å². The molecule has 0 atom stereocenters. The lowest BCUT2D eigenvalue weighted by Gasteiger charge is -2.09. The van der Waals surface area contributed by atoms with Crippen LogP contribution >= 0.6 is 23.4 Å². The van der Waals surface area contributed by atoms with Crippen molar-refractivity contribution in [1.29, 1.82) is 0 Å². The Balaban J connectivity index is 1.79. The Morgan fingerprint density at radius 1 is 1.42 bits per heavy atom. The zero-order valence-electron chi connectivity index (χ0n) is 10.9. The van der Waals surface area contributed by atoms with Gasteiger partial charge in [0.05, 0.1) is 6.61 Å². The average Bonchev–Trinajstić information content (AvgIpc) is 2.83. The van der Waals surface area contributed by atoms with Gasteiger partial charge in [0.2, 0.25) is 0 Å². The fraction of sp³-hybridized carbons (Fsp3) is 0.385. The molecule has 1 heterocycles. The number of benzene rings is 1. The molecule has 0 unspecified atom stereocenters. The maximum absolute atomic E-state index is 5.89. The van der Waals surface area contributed by atoms with Crippen LogP contribution < -0.4 is 4.74 Å². The van der Waals surface area contributed by atoms with Crippen molar-refractivity contribution in [3.63, 3.8) is 0 Å². The molecular formula is C13H16ClN3OS.